The lowest BCUT2D eigenvalue weighted by atomic mass is 9.90. The maximum absolute atomic E-state index is 10.5. The van der Waals surface area contributed by atoms with Crippen LogP contribution < -0.4 is 4.74 Å². The minimum atomic E-state index is -1.42. The van der Waals surface area contributed by atoms with Crippen molar-refractivity contribution in [1.29, 1.82) is 0 Å². The minimum Gasteiger partial charge on any atom is -0.494 e. The summed E-state index contributed by atoms with van der Waals surface area (Å²) in [7, 11) is 2.38. The van der Waals surface area contributed by atoms with Crippen molar-refractivity contribution in [2.24, 2.45) is 0 Å². The molecule has 2 saturated heterocycles. The van der Waals surface area contributed by atoms with Crippen LogP contribution in [0.1, 0.15) is 54.9 Å². The Hall–Kier alpha value is -1.71. The Balaban J connectivity index is 1.28. The molecule has 2 aliphatic rings. The molecule has 0 saturated carbocycles. The summed E-state index contributed by atoms with van der Waals surface area (Å²) in [6, 6.07) is 13.3. The molecule has 0 aromatic heterocycles. The predicted octanol–water partition coefficient (Wildman–Crippen LogP) is 3.24. The maximum Gasteiger partial charge on any atom is 0.119 e. The predicted molar refractivity (Wildman–Crippen MR) is 143 cm³/mol. The van der Waals surface area contributed by atoms with Crippen LogP contribution in [0.3, 0.4) is 0 Å². The first kappa shape index (κ1) is 28.3. The van der Waals surface area contributed by atoms with E-state index in [1.165, 1.54) is 49.8 Å². The molecule has 204 valence electrons. The van der Waals surface area contributed by atoms with Gasteiger partial charge in [0.1, 0.15) is 36.3 Å². The Labute approximate surface area is 224 Å². The number of aliphatic hydroxyl groups excluding tert-OH is 4. The largest absolute Gasteiger partial charge is 0.494 e. The summed E-state index contributed by atoms with van der Waals surface area (Å²) in [5.74, 6) is 0.850. The fraction of sp³-hybridized carbons (Fsp3) is 0.586. The van der Waals surface area contributed by atoms with E-state index in [0.717, 1.165) is 29.9 Å². The van der Waals surface area contributed by atoms with Gasteiger partial charge in [-0.15, -0.1) is 0 Å². The van der Waals surface area contributed by atoms with Crippen molar-refractivity contribution >= 4 is 11.6 Å². The van der Waals surface area contributed by atoms with Crippen LogP contribution >= 0.6 is 11.6 Å². The Kier molecular flexibility index (Phi) is 9.86. The van der Waals surface area contributed by atoms with Gasteiger partial charge in [0.25, 0.3) is 0 Å². The molecule has 0 unspecified atom stereocenters. The number of unbranched alkanes of at least 4 members (excludes halogenated alkanes) is 2. The summed E-state index contributed by atoms with van der Waals surface area (Å²) in [5, 5.41) is 40.7. The van der Waals surface area contributed by atoms with Gasteiger partial charge in [-0.1, -0.05) is 35.9 Å². The molecule has 4 rings (SSSR count). The smallest absolute Gasteiger partial charge is 0.119 e. The first-order chi connectivity index (χ1) is 17.8. The zero-order valence-electron chi connectivity index (χ0n) is 21.6. The number of hydrogen-bond donors (Lipinski definition) is 4. The molecule has 0 spiro atoms. The normalized spacial score (nSPS) is 27.4. The molecule has 7 nitrogen and oxygen atoms in total. The number of aliphatic hydroxyl groups is 4. The van der Waals surface area contributed by atoms with E-state index in [1.807, 2.05) is 30.3 Å². The molecule has 8 heteroatoms. The molecule has 0 radical (unpaired) electrons. The van der Waals surface area contributed by atoms with Gasteiger partial charge in [0.05, 0.1) is 39.9 Å². The van der Waals surface area contributed by atoms with Gasteiger partial charge in [-0.25, -0.2) is 0 Å². The van der Waals surface area contributed by atoms with Gasteiger partial charge < -0.3 is 34.4 Å². The van der Waals surface area contributed by atoms with Crippen molar-refractivity contribution in [2.75, 3.05) is 39.9 Å². The Morgan fingerprint density at radius 1 is 0.946 bits per heavy atom. The Bertz CT molecular complexity index is 994. The van der Waals surface area contributed by atoms with E-state index in [-0.39, 0.29) is 0 Å². The van der Waals surface area contributed by atoms with Gasteiger partial charge in [0.15, 0.2) is 0 Å². The van der Waals surface area contributed by atoms with Crippen molar-refractivity contribution < 1.29 is 34.4 Å². The molecular weight excluding hydrogens is 494 g/mol. The molecule has 4 N–H and O–H groups in total. The summed E-state index contributed by atoms with van der Waals surface area (Å²) in [5.41, 5.74) is 2.53. The highest BCUT2D eigenvalue weighted by atomic mass is 35.5. The number of benzene rings is 2. The van der Waals surface area contributed by atoms with Crippen molar-refractivity contribution in [2.45, 2.75) is 69.0 Å². The Morgan fingerprint density at radius 2 is 1.68 bits per heavy atom. The highest BCUT2D eigenvalue weighted by Crippen LogP contribution is 2.34. The minimum absolute atomic E-state index is 0.463. The zero-order valence-corrected chi connectivity index (χ0v) is 22.4. The van der Waals surface area contributed by atoms with Crippen molar-refractivity contribution in [3.8, 4) is 5.75 Å². The molecule has 2 fully saturated rings. The first-order valence-corrected chi connectivity index (χ1v) is 13.8. The number of rotatable bonds is 11. The summed E-state index contributed by atoms with van der Waals surface area (Å²) in [4.78, 5) is 0. The molecule has 0 aliphatic carbocycles. The van der Waals surface area contributed by atoms with E-state index >= 15 is 0 Å². The second-order valence-electron chi connectivity index (χ2n) is 10.8. The number of likely N-dealkylation sites (tertiary alicyclic amines) is 1. The lowest BCUT2D eigenvalue weighted by molar-refractivity contribution is -0.897. The zero-order chi connectivity index (χ0) is 26.4. The van der Waals surface area contributed by atoms with Crippen LogP contribution in [0.25, 0.3) is 0 Å². The molecule has 2 aromatic carbocycles. The van der Waals surface area contributed by atoms with Crippen molar-refractivity contribution in [1.82, 2.24) is 0 Å². The second kappa shape index (κ2) is 12.9. The van der Waals surface area contributed by atoms with Crippen LogP contribution in [0.5, 0.6) is 5.75 Å². The number of halogens is 1. The van der Waals surface area contributed by atoms with E-state index in [0.29, 0.717) is 17.0 Å². The van der Waals surface area contributed by atoms with Gasteiger partial charge >= 0.3 is 0 Å². The fourth-order valence-corrected chi connectivity index (χ4v) is 5.68. The van der Waals surface area contributed by atoms with E-state index in [2.05, 4.69) is 7.05 Å². The summed E-state index contributed by atoms with van der Waals surface area (Å²) >= 11 is 6.46. The lowest BCUT2D eigenvalue weighted by Crippen LogP contribution is -2.55. The summed E-state index contributed by atoms with van der Waals surface area (Å²) in [6.45, 7) is 4.18. The van der Waals surface area contributed by atoms with Gasteiger partial charge in [0, 0.05) is 17.9 Å². The molecule has 0 amide bonds. The van der Waals surface area contributed by atoms with Gasteiger partial charge in [-0.05, 0) is 60.6 Å². The fourth-order valence-electron chi connectivity index (χ4n) is 5.49. The number of ether oxygens (including phenoxy) is 2. The SMILES string of the molecule is C[N+]1(CCCCCOc2ccc(Cc3cc([C@@H]4O[C@H](CO)[C@@H](O)[C@H](O)[C@H]4O)ccc3Cl)cc2)CCCC1. The number of nitrogens with zero attached hydrogens (tertiary/aromatic N) is 1. The molecule has 37 heavy (non-hydrogen) atoms. The molecule has 2 heterocycles. The summed E-state index contributed by atoms with van der Waals surface area (Å²) in [6.07, 6.45) is 0.832. The molecule has 0 bridgehead atoms. The van der Waals surface area contributed by atoms with Crippen LogP contribution in [0, 0.1) is 0 Å². The van der Waals surface area contributed by atoms with E-state index in [4.69, 9.17) is 21.1 Å². The van der Waals surface area contributed by atoms with Gasteiger partial charge in [0.2, 0.25) is 0 Å². The quantitative estimate of drug-likeness (QED) is 0.261. The average Bonchev–Trinajstić information content (AvgIpc) is 3.33. The van der Waals surface area contributed by atoms with Crippen LogP contribution in [0.2, 0.25) is 5.02 Å². The van der Waals surface area contributed by atoms with Crippen LogP contribution in [0.15, 0.2) is 42.5 Å². The topological polar surface area (TPSA) is 99.4 Å². The molecule has 2 aromatic rings. The van der Waals surface area contributed by atoms with Crippen LogP contribution in [-0.2, 0) is 11.2 Å². The third-order valence-electron chi connectivity index (χ3n) is 7.87. The first-order valence-electron chi connectivity index (χ1n) is 13.4. The molecule has 5 atom stereocenters. The lowest BCUT2D eigenvalue weighted by Gasteiger charge is -2.40. The monoisotopic (exact) mass is 534 g/mol. The standard InChI is InChI=1S/C29H41ClNO6/c1-31(14-4-5-15-31)13-3-2-6-16-36-23-10-7-20(8-11-23)17-22-18-21(9-12-24(22)30)29-28(35)27(34)26(33)25(19-32)37-29/h7-12,18,25-29,32-35H,2-6,13-17,19H2,1H3/q+1/t25-,26-,27+,28-,29+/m1/s1. The van der Waals surface area contributed by atoms with E-state index < -0.39 is 37.1 Å². The van der Waals surface area contributed by atoms with Crippen LogP contribution in [0.4, 0.5) is 0 Å². The number of quaternary nitrogens is 1. The summed E-state index contributed by atoms with van der Waals surface area (Å²) < 4.78 is 12.9. The van der Waals surface area contributed by atoms with Crippen molar-refractivity contribution in [3.63, 3.8) is 0 Å². The number of hydrogen-bond acceptors (Lipinski definition) is 6. The van der Waals surface area contributed by atoms with E-state index in [1.54, 1.807) is 12.1 Å². The molecule has 2 aliphatic heterocycles. The third kappa shape index (κ3) is 7.24. The van der Waals surface area contributed by atoms with Crippen LogP contribution in [-0.4, -0.2) is 89.2 Å². The third-order valence-corrected chi connectivity index (χ3v) is 8.23. The van der Waals surface area contributed by atoms with Gasteiger partial charge in [-0.3, -0.25) is 0 Å². The maximum atomic E-state index is 10.5. The van der Waals surface area contributed by atoms with E-state index in [9.17, 15) is 20.4 Å². The highest BCUT2D eigenvalue weighted by Gasteiger charge is 2.44. The highest BCUT2D eigenvalue weighted by molar-refractivity contribution is 6.31. The average molecular weight is 535 g/mol. The van der Waals surface area contributed by atoms with Gasteiger partial charge in [-0.2, -0.15) is 0 Å². The second-order valence-corrected chi connectivity index (χ2v) is 11.2. The van der Waals surface area contributed by atoms with Crippen molar-refractivity contribution in [3.05, 3.63) is 64.2 Å². The molecular formula is C29H41ClNO6+. The Morgan fingerprint density at radius 3 is 2.38 bits per heavy atom.